The van der Waals surface area contributed by atoms with Crippen LogP contribution < -0.4 is 0 Å². The maximum Gasteiger partial charge on any atom is 0.0727 e. The van der Waals surface area contributed by atoms with Gasteiger partial charge in [0.2, 0.25) is 0 Å². The van der Waals surface area contributed by atoms with Gasteiger partial charge in [0.15, 0.2) is 0 Å². The highest BCUT2D eigenvalue weighted by Gasteiger charge is 2.41. The summed E-state index contributed by atoms with van der Waals surface area (Å²) >= 11 is 1.79. The molecule has 1 fully saturated rings. The molecule has 96 valence electrons. The molecule has 0 saturated heterocycles. The van der Waals surface area contributed by atoms with E-state index in [0.29, 0.717) is 0 Å². The highest BCUT2D eigenvalue weighted by atomic mass is 32.1. The molecule has 0 bridgehead atoms. The van der Waals surface area contributed by atoms with E-state index >= 15 is 0 Å². The van der Waals surface area contributed by atoms with Gasteiger partial charge in [-0.05, 0) is 51.2 Å². The van der Waals surface area contributed by atoms with E-state index in [0.717, 1.165) is 25.7 Å². The Hall–Kier alpha value is -0.380. The van der Waals surface area contributed by atoms with Crippen LogP contribution in [0.2, 0.25) is 0 Å². The van der Waals surface area contributed by atoms with Crippen LogP contribution in [-0.4, -0.2) is 35.7 Å². The van der Waals surface area contributed by atoms with Crippen LogP contribution in [0.3, 0.4) is 0 Å². The third-order valence-electron chi connectivity index (χ3n) is 4.22. The van der Waals surface area contributed by atoms with Crippen molar-refractivity contribution in [1.29, 1.82) is 0 Å². The topological polar surface area (TPSA) is 23.5 Å². The number of rotatable bonds is 5. The molecule has 1 unspecified atom stereocenters. The number of aliphatic hydroxyl groups is 1. The smallest absolute Gasteiger partial charge is 0.0727 e. The summed E-state index contributed by atoms with van der Waals surface area (Å²) in [5.74, 6) is 0. The zero-order valence-corrected chi connectivity index (χ0v) is 11.7. The summed E-state index contributed by atoms with van der Waals surface area (Å²) in [5, 5.41) is 12.6. The Labute approximate surface area is 108 Å². The number of nitrogens with zero attached hydrogens (tertiary/aromatic N) is 1. The maximum atomic E-state index is 10.5. The first-order valence-corrected chi connectivity index (χ1v) is 7.41. The van der Waals surface area contributed by atoms with Crippen molar-refractivity contribution in [3.05, 3.63) is 22.4 Å². The van der Waals surface area contributed by atoms with E-state index in [4.69, 9.17) is 0 Å². The third kappa shape index (κ3) is 2.72. The van der Waals surface area contributed by atoms with Gasteiger partial charge in [0.05, 0.1) is 6.10 Å². The lowest BCUT2D eigenvalue weighted by Gasteiger charge is -2.40. The molecular weight excluding hydrogens is 230 g/mol. The molecule has 1 aromatic rings. The molecule has 1 aliphatic carbocycles. The van der Waals surface area contributed by atoms with Crippen LogP contribution in [0, 0.1) is 0 Å². The molecule has 0 aliphatic heterocycles. The van der Waals surface area contributed by atoms with Gasteiger partial charge in [-0.1, -0.05) is 18.9 Å². The van der Waals surface area contributed by atoms with E-state index < -0.39 is 0 Å². The first-order chi connectivity index (χ1) is 8.15. The first-order valence-electron chi connectivity index (χ1n) is 6.53. The van der Waals surface area contributed by atoms with Crippen molar-refractivity contribution in [2.75, 3.05) is 14.1 Å². The van der Waals surface area contributed by atoms with Crippen molar-refractivity contribution in [3.63, 3.8) is 0 Å². The number of likely N-dealkylation sites (N-methyl/N-ethyl adjacent to an activating group) is 1. The monoisotopic (exact) mass is 253 g/mol. The molecule has 1 atom stereocenters. The van der Waals surface area contributed by atoms with Crippen LogP contribution in [-0.2, 0) is 6.42 Å². The minimum atomic E-state index is -0.193. The zero-order chi connectivity index (χ0) is 12.3. The molecule has 17 heavy (non-hydrogen) atoms. The van der Waals surface area contributed by atoms with Gasteiger partial charge in [-0.3, -0.25) is 0 Å². The molecule has 2 nitrogen and oxygen atoms in total. The second kappa shape index (κ2) is 5.51. The van der Waals surface area contributed by atoms with Crippen molar-refractivity contribution in [2.45, 2.75) is 50.2 Å². The minimum Gasteiger partial charge on any atom is -0.391 e. The van der Waals surface area contributed by atoms with Gasteiger partial charge in [0, 0.05) is 10.4 Å². The Kier molecular flexibility index (Phi) is 4.23. The zero-order valence-electron chi connectivity index (χ0n) is 10.9. The third-order valence-corrected chi connectivity index (χ3v) is 5.16. The van der Waals surface area contributed by atoms with Gasteiger partial charge < -0.3 is 10.0 Å². The summed E-state index contributed by atoms with van der Waals surface area (Å²) in [4.78, 5) is 3.63. The van der Waals surface area contributed by atoms with Crippen molar-refractivity contribution < 1.29 is 5.11 Å². The second-order valence-corrected chi connectivity index (χ2v) is 6.37. The molecule has 3 heteroatoms. The fourth-order valence-electron chi connectivity index (χ4n) is 3.07. The summed E-state index contributed by atoms with van der Waals surface area (Å²) < 4.78 is 0. The van der Waals surface area contributed by atoms with Crippen LogP contribution in [0.5, 0.6) is 0 Å². The highest BCUT2D eigenvalue weighted by molar-refractivity contribution is 7.09. The summed E-state index contributed by atoms with van der Waals surface area (Å²) in [6.07, 6.45) is 6.51. The summed E-state index contributed by atoms with van der Waals surface area (Å²) in [5.41, 5.74) is 0.0389. The van der Waals surface area contributed by atoms with Gasteiger partial charge in [0.1, 0.15) is 0 Å². The quantitative estimate of drug-likeness (QED) is 0.872. The molecule has 2 rings (SSSR count). The summed E-state index contributed by atoms with van der Waals surface area (Å²) in [6.45, 7) is 0. The molecule has 0 amide bonds. The SMILES string of the molecule is CN(C)C1(C(O)CCc2cccs2)CCCC1. The number of hydrogen-bond donors (Lipinski definition) is 1. The molecule has 0 aromatic carbocycles. The molecular formula is C14H23NOS. The molecule has 0 radical (unpaired) electrons. The van der Waals surface area contributed by atoms with E-state index in [-0.39, 0.29) is 11.6 Å². The summed E-state index contributed by atoms with van der Waals surface area (Å²) in [7, 11) is 4.22. The van der Waals surface area contributed by atoms with E-state index in [1.165, 1.54) is 17.7 Å². The van der Waals surface area contributed by atoms with E-state index in [9.17, 15) is 5.11 Å². The van der Waals surface area contributed by atoms with Crippen LogP contribution in [0.1, 0.15) is 37.0 Å². The Morgan fingerprint density at radius 3 is 2.65 bits per heavy atom. The number of aryl methyl sites for hydroxylation is 1. The molecule has 1 heterocycles. The Morgan fingerprint density at radius 2 is 2.12 bits per heavy atom. The lowest BCUT2D eigenvalue weighted by atomic mass is 9.86. The number of thiophene rings is 1. The lowest BCUT2D eigenvalue weighted by Crippen LogP contribution is -2.51. The van der Waals surface area contributed by atoms with Crippen LogP contribution in [0.15, 0.2) is 17.5 Å². The van der Waals surface area contributed by atoms with Gasteiger partial charge in [0.25, 0.3) is 0 Å². The minimum absolute atomic E-state index is 0.0389. The largest absolute Gasteiger partial charge is 0.391 e. The van der Waals surface area contributed by atoms with Gasteiger partial charge in [-0.15, -0.1) is 11.3 Å². The van der Waals surface area contributed by atoms with E-state index in [1.807, 2.05) is 0 Å². The van der Waals surface area contributed by atoms with Gasteiger partial charge in [-0.25, -0.2) is 0 Å². The van der Waals surface area contributed by atoms with Gasteiger partial charge >= 0.3 is 0 Å². The van der Waals surface area contributed by atoms with Crippen molar-refractivity contribution >= 4 is 11.3 Å². The first kappa shape index (κ1) is 13.1. The number of hydrogen-bond acceptors (Lipinski definition) is 3. The van der Waals surface area contributed by atoms with Crippen molar-refractivity contribution in [1.82, 2.24) is 4.90 Å². The van der Waals surface area contributed by atoms with Crippen molar-refractivity contribution in [3.8, 4) is 0 Å². The average molecular weight is 253 g/mol. The predicted molar refractivity (Wildman–Crippen MR) is 73.5 cm³/mol. The molecule has 1 N–H and O–H groups in total. The Morgan fingerprint density at radius 1 is 1.41 bits per heavy atom. The molecule has 1 aliphatic rings. The normalized spacial score (nSPS) is 20.9. The molecule has 1 aromatic heterocycles. The Balaban J connectivity index is 1.95. The predicted octanol–water partition coefficient (Wildman–Crippen LogP) is 2.92. The highest BCUT2D eigenvalue weighted by Crippen LogP contribution is 2.38. The van der Waals surface area contributed by atoms with E-state index in [1.54, 1.807) is 11.3 Å². The standard InChI is InChI=1S/C14H23NOS/c1-15(2)14(9-3-4-10-14)13(16)8-7-12-6-5-11-17-12/h5-6,11,13,16H,3-4,7-10H2,1-2H3. The fourth-order valence-corrected chi connectivity index (χ4v) is 3.79. The Bertz CT molecular complexity index is 328. The van der Waals surface area contributed by atoms with Crippen LogP contribution in [0.4, 0.5) is 0 Å². The molecule has 0 spiro atoms. The van der Waals surface area contributed by atoms with Crippen molar-refractivity contribution in [2.24, 2.45) is 0 Å². The number of aliphatic hydroxyl groups excluding tert-OH is 1. The molecule has 1 saturated carbocycles. The van der Waals surface area contributed by atoms with Crippen LogP contribution in [0.25, 0.3) is 0 Å². The maximum absolute atomic E-state index is 10.5. The lowest BCUT2D eigenvalue weighted by molar-refractivity contribution is -0.00744. The summed E-state index contributed by atoms with van der Waals surface area (Å²) in [6, 6.07) is 4.25. The van der Waals surface area contributed by atoms with Crippen LogP contribution >= 0.6 is 11.3 Å². The second-order valence-electron chi connectivity index (χ2n) is 5.34. The van der Waals surface area contributed by atoms with Gasteiger partial charge in [-0.2, -0.15) is 0 Å². The average Bonchev–Trinajstić information content (AvgIpc) is 2.97. The van der Waals surface area contributed by atoms with E-state index in [2.05, 4.69) is 36.5 Å². The fraction of sp³-hybridized carbons (Fsp3) is 0.714.